The Balaban J connectivity index is 3.76. The Morgan fingerprint density at radius 2 is 2.17 bits per heavy atom. The second-order valence-corrected chi connectivity index (χ2v) is 4.36. The van der Waals surface area contributed by atoms with Crippen LogP contribution in [0.1, 0.15) is 6.92 Å². The molecule has 1 atom stereocenters. The molecule has 0 aromatic rings. The van der Waals surface area contributed by atoms with Crippen molar-refractivity contribution in [3.05, 3.63) is 0 Å². The van der Waals surface area contributed by atoms with Crippen LogP contribution in [-0.2, 0) is 14.8 Å². The van der Waals surface area contributed by atoms with E-state index in [-0.39, 0.29) is 25.0 Å². The zero-order valence-corrected chi connectivity index (χ0v) is 8.10. The second-order valence-electron chi connectivity index (χ2n) is 2.44. The Morgan fingerprint density at radius 3 is 2.58 bits per heavy atom. The molecule has 0 fully saturated rings. The quantitative estimate of drug-likeness (QED) is 0.568. The van der Waals surface area contributed by atoms with Gasteiger partial charge in [-0.2, -0.15) is 0 Å². The minimum atomic E-state index is -3.32. The molecule has 6 heteroatoms. The van der Waals surface area contributed by atoms with E-state index in [1.54, 1.807) is 6.92 Å². The Morgan fingerprint density at radius 1 is 1.58 bits per heavy atom. The monoisotopic (exact) mass is 197 g/mol. The van der Waals surface area contributed by atoms with Crippen molar-refractivity contribution in [2.75, 3.05) is 26.0 Å². The van der Waals surface area contributed by atoms with Crippen molar-refractivity contribution in [1.82, 2.24) is 4.72 Å². The smallest absolute Gasteiger partial charge is 0.213 e. The SMILES string of the molecule is COC(C)CNS(=O)(=O)CCO. The maximum Gasteiger partial charge on any atom is 0.213 e. The molecule has 0 heterocycles. The number of aliphatic hydroxyl groups is 1. The molecule has 0 rings (SSSR count). The maximum absolute atomic E-state index is 10.9. The summed E-state index contributed by atoms with van der Waals surface area (Å²) in [5, 5.41) is 8.37. The van der Waals surface area contributed by atoms with E-state index in [4.69, 9.17) is 9.84 Å². The molecule has 2 N–H and O–H groups in total. The fourth-order valence-corrected chi connectivity index (χ4v) is 1.39. The fraction of sp³-hybridized carbons (Fsp3) is 1.00. The van der Waals surface area contributed by atoms with Gasteiger partial charge in [0, 0.05) is 13.7 Å². The van der Waals surface area contributed by atoms with Crippen molar-refractivity contribution in [3.8, 4) is 0 Å². The zero-order chi connectivity index (χ0) is 9.61. The number of aliphatic hydroxyl groups excluding tert-OH is 1. The molecule has 0 aliphatic carbocycles. The van der Waals surface area contributed by atoms with E-state index in [1.165, 1.54) is 7.11 Å². The van der Waals surface area contributed by atoms with Crippen LogP contribution in [-0.4, -0.2) is 45.6 Å². The predicted molar refractivity (Wildman–Crippen MR) is 45.3 cm³/mol. The summed E-state index contributed by atoms with van der Waals surface area (Å²) < 4.78 is 29.0. The highest BCUT2D eigenvalue weighted by Gasteiger charge is 2.10. The molecular weight excluding hydrogens is 182 g/mol. The van der Waals surface area contributed by atoms with E-state index in [2.05, 4.69) is 4.72 Å². The summed E-state index contributed by atoms with van der Waals surface area (Å²) in [6.45, 7) is 1.62. The van der Waals surface area contributed by atoms with Crippen LogP contribution in [0.3, 0.4) is 0 Å². The van der Waals surface area contributed by atoms with E-state index >= 15 is 0 Å². The summed E-state index contributed by atoms with van der Waals surface area (Å²) in [5.74, 6) is -0.260. The number of methoxy groups -OCH3 is 1. The summed E-state index contributed by atoms with van der Waals surface area (Å²) in [6.07, 6.45) is -0.154. The lowest BCUT2D eigenvalue weighted by molar-refractivity contribution is 0.122. The van der Waals surface area contributed by atoms with E-state index in [9.17, 15) is 8.42 Å². The third kappa shape index (κ3) is 5.48. The molecule has 0 spiro atoms. The van der Waals surface area contributed by atoms with Crippen molar-refractivity contribution in [1.29, 1.82) is 0 Å². The van der Waals surface area contributed by atoms with Crippen LogP contribution in [0.5, 0.6) is 0 Å². The lowest BCUT2D eigenvalue weighted by Gasteiger charge is -2.10. The first-order valence-corrected chi connectivity index (χ1v) is 5.28. The van der Waals surface area contributed by atoms with Gasteiger partial charge in [0.1, 0.15) is 0 Å². The highest BCUT2D eigenvalue weighted by Crippen LogP contribution is 1.88. The van der Waals surface area contributed by atoms with Gasteiger partial charge in [0.25, 0.3) is 0 Å². The predicted octanol–water partition coefficient (Wildman–Crippen LogP) is -1.07. The van der Waals surface area contributed by atoms with Gasteiger partial charge in [-0.05, 0) is 6.92 Å². The molecule has 0 bridgehead atoms. The lowest BCUT2D eigenvalue weighted by atomic mass is 10.4. The van der Waals surface area contributed by atoms with E-state index in [1.807, 2.05) is 0 Å². The van der Waals surface area contributed by atoms with Crippen molar-refractivity contribution < 1.29 is 18.3 Å². The molecule has 0 saturated carbocycles. The van der Waals surface area contributed by atoms with Crippen LogP contribution in [0.2, 0.25) is 0 Å². The van der Waals surface area contributed by atoms with Gasteiger partial charge in [-0.3, -0.25) is 0 Å². The molecule has 0 aliphatic rings. The summed E-state index contributed by atoms with van der Waals surface area (Å²) in [4.78, 5) is 0. The number of hydrogen-bond acceptors (Lipinski definition) is 4. The molecule has 0 radical (unpaired) electrons. The zero-order valence-electron chi connectivity index (χ0n) is 7.28. The van der Waals surface area contributed by atoms with Crippen molar-refractivity contribution in [2.24, 2.45) is 0 Å². The highest BCUT2D eigenvalue weighted by atomic mass is 32.2. The molecule has 0 saturated heterocycles. The van der Waals surface area contributed by atoms with Crippen LogP contribution in [0, 0.1) is 0 Å². The van der Waals surface area contributed by atoms with Crippen LogP contribution in [0.4, 0.5) is 0 Å². The van der Waals surface area contributed by atoms with Gasteiger partial charge in [-0.25, -0.2) is 13.1 Å². The van der Waals surface area contributed by atoms with Crippen LogP contribution >= 0.6 is 0 Å². The number of rotatable bonds is 6. The minimum Gasteiger partial charge on any atom is -0.395 e. The molecule has 5 nitrogen and oxygen atoms in total. The lowest BCUT2D eigenvalue weighted by Crippen LogP contribution is -2.34. The Bertz CT molecular complexity index is 202. The standard InChI is InChI=1S/C6H15NO4S/c1-6(11-2)5-7-12(9,10)4-3-8/h6-8H,3-5H2,1-2H3. The van der Waals surface area contributed by atoms with Crippen molar-refractivity contribution in [2.45, 2.75) is 13.0 Å². The van der Waals surface area contributed by atoms with Gasteiger partial charge in [-0.15, -0.1) is 0 Å². The number of hydrogen-bond donors (Lipinski definition) is 2. The Kier molecular flexibility index (Phi) is 5.39. The normalized spacial score (nSPS) is 14.6. The van der Waals surface area contributed by atoms with Crippen molar-refractivity contribution in [3.63, 3.8) is 0 Å². The van der Waals surface area contributed by atoms with Gasteiger partial charge in [0.15, 0.2) is 0 Å². The van der Waals surface area contributed by atoms with Gasteiger partial charge >= 0.3 is 0 Å². The average molecular weight is 197 g/mol. The number of sulfonamides is 1. The summed E-state index contributed by atoms with van der Waals surface area (Å²) in [7, 11) is -1.81. The van der Waals surface area contributed by atoms with E-state index in [0.717, 1.165) is 0 Å². The fourth-order valence-electron chi connectivity index (χ4n) is 0.520. The third-order valence-electron chi connectivity index (χ3n) is 1.35. The van der Waals surface area contributed by atoms with Crippen LogP contribution < -0.4 is 4.72 Å². The first kappa shape index (κ1) is 11.8. The summed E-state index contributed by atoms with van der Waals surface area (Å²) in [6, 6.07) is 0. The first-order valence-electron chi connectivity index (χ1n) is 3.63. The molecular formula is C6H15NO4S. The molecule has 12 heavy (non-hydrogen) atoms. The first-order chi connectivity index (χ1) is 5.52. The minimum absolute atomic E-state index is 0.154. The molecule has 0 aliphatic heterocycles. The molecule has 0 amide bonds. The van der Waals surface area contributed by atoms with Gasteiger partial charge in [0.05, 0.1) is 18.5 Å². The number of nitrogens with one attached hydrogen (secondary N) is 1. The third-order valence-corrected chi connectivity index (χ3v) is 2.68. The van der Waals surface area contributed by atoms with Gasteiger partial charge in [0.2, 0.25) is 10.0 Å². The maximum atomic E-state index is 10.9. The summed E-state index contributed by atoms with van der Waals surface area (Å²) in [5.41, 5.74) is 0. The molecule has 0 aromatic heterocycles. The Labute approximate surface area is 72.8 Å². The van der Waals surface area contributed by atoms with Crippen LogP contribution in [0.25, 0.3) is 0 Å². The van der Waals surface area contributed by atoms with E-state index < -0.39 is 10.0 Å². The topological polar surface area (TPSA) is 75.6 Å². The van der Waals surface area contributed by atoms with Gasteiger partial charge in [-0.1, -0.05) is 0 Å². The molecule has 1 unspecified atom stereocenters. The highest BCUT2D eigenvalue weighted by molar-refractivity contribution is 7.89. The molecule has 0 aromatic carbocycles. The van der Waals surface area contributed by atoms with E-state index in [0.29, 0.717) is 0 Å². The number of ether oxygens (including phenoxy) is 1. The molecule has 74 valence electrons. The summed E-state index contributed by atoms with van der Waals surface area (Å²) >= 11 is 0. The average Bonchev–Trinajstić information content (AvgIpc) is 2.00. The Hall–Kier alpha value is -0.170. The van der Waals surface area contributed by atoms with Gasteiger partial charge < -0.3 is 9.84 Å². The van der Waals surface area contributed by atoms with Crippen molar-refractivity contribution >= 4 is 10.0 Å². The second kappa shape index (κ2) is 5.47. The van der Waals surface area contributed by atoms with Crippen LogP contribution in [0.15, 0.2) is 0 Å². The largest absolute Gasteiger partial charge is 0.395 e.